The number of aliphatic carboxylic acids is 1. The zero-order chi connectivity index (χ0) is 24.4. The Morgan fingerprint density at radius 3 is 2.36 bits per heavy atom. The van der Waals surface area contributed by atoms with Crippen molar-refractivity contribution in [2.45, 2.75) is 56.7 Å². The van der Waals surface area contributed by atoms with Gasteiger partial charge in [-0.3, -0.25) is 14.4 Å². The number of benzene rings is 1. The second-order valence-electron chi connectivity index (χ2n) is 8.06. The number of nitrogens with one attached hydrogen (secondary N) is 2. The summed E-state index contributed by atoms with van der Waals surface area (Å²) in [5, 5.41) is 24.2. The van der Waals surface area contributed by atoms with Crippen molar-refractivity contribution in [3.63, 3.8) is 0 Å². The fourth-order valence-electron chi connectivity index (χ4n) is 3.82. The predicted octanol–water partition coefficient (Wildman–Crippen LogP) is -0.932. The van der Waals surface area contributed by atoms with E-state index in [0.717, 1.165) is 0 Å². The van der Waals surface area contributed by atoms with Crippen LogP contribution in [0.15, 0.2) is 24.3 Å². The minimum Gasteiger partial charge on any atom is -0.508 e. The number of aromatic hydroxyl groups is 1. The highest BCUT2D eigenvalue weighted by atomic mass is 16.4. The van der Waals surface area contributed by atoms with Gasteiger partial charge in [0.1, 0.15) is 23.9 Å². The van der Waals surface area contributed by atoms with Gasteiger partial charge in [-0.1, -0.05) is 12.1 Å². The van der Waals surface area contributed by atoms with E-state index in [4.69, 9.17) is 11.5 Å². The number of carboxylic acids is 1. The van der Waals surface area contributed by atoms with Gasteiger partial charge in [-0.25, -0.2) is 4.79 Å². The van der Waals surface area contributed by atoms with Gasteiger partial charge >= 0.3 is 5.97 Å². The maximum atomic E-state index is 13.0. The van der Waals surface area contributed by atoms with Crippen LogP contribution in [-0.4, -0.2) is 76.6 Å². The summed E-state index contributed by atoms with van der Waals surface area (Å²) in [7, 11) is 0. The molecule has 1 aliphatic heterocycles. The molecule has 0 radical (unpaired) electrons. The molecule has 3 atom stereocenters. The molecule has 11 heteroatoms. The summed E-state index contributed by atoms with van der Waals surface area (Å²) in [4.78, 5) is 51.0. The van der Waals surface area contributed by atoms with Crippen molar-refractivity contribution >= 4 is 23.7 Å². The number of nitrogens with zero attached hydrogens (tertiary/aromatic N) is 1. The summed E-state index contributed by atoms with van der Waals surface area (Å²) in [5.74, 6) is -2.60. The van der Waals surface area contributed by atoms with E-state index < -0.39 is 35.9 Å². The van der Waals surface area contributed by atoms with Crippen LogP contribution in [0.5, 0.6) is 5.75 Å². The van der Waals surface area contributed by atoms with Crippen LogP contribution in [-0.2, 0) is 25.6 Å². The third kappa shape index (κ3) is 7.72. The predicted molar refractivity (Wildman–Crippen MR) is 120 cm³/mol. The molecule has 1 aromatic rings. The maximum absolute atomic E-state index is 13.0. The highest BCUT2D eigenvalue weighted by Gasteiger charge is 2.35. The van der Waals surface area contributed by atoms with E-state index in [1.807, 2.05) is 0 Å². The number of nitrogens with two attached hydrogens (primary N) is 2. The van der Waals surface area contributed by atoms with Crippen LogP contribution in [0, 0.1) is 0 Å². The Morgan fingerprint density at radius 2 is 1.76 bits per heavy atom. The Kier molecular flexibility index (Phi) is 10.1. The summed E-state index contributed by atoms with van der Waals surface area (Å²) >= 11 is 0. The Hall–Kier alpha value is -3.18. The number of phenolic OH excluding ortho intramolecular Hbond substituents is 1. The molecule has 1 heterocycles. The third-order valence-electron chi connectivity index (χ3n) is 5.62. The van der Waals surface area contributed by atoms with Gasteiger partial charge in [0, 0.05) is 13.0 Å². The van der Waals surface area contributed by atoms with E-state index in [1.54, 1.807) is 12.1 Å². The van der Waals surface area contributed by atoms with Crippen LogP contribution >= 0.6 is 0 Å². The minimum absolute atomic E-state index is 0.00617. The van der Waals surface area contributed by atoms with E-state index in [9.17, 15) is 29.4 Å². The van der Waals surface area contributed by atoms with Crippen molar-refractivity contribution < 1.29 is 29.4 Å². The molecule has 1 fully saturated rings. The lowest BCUT2D eigenvalue weighted by atomic mass is 10.0. The van der Waals surface area contributed by atoms with Gasteiger partial charge in [0.25, 0.3) is 0 Å². The first kappa shape index (κ1) is 26.1. The highest BCUT2D eigenvalue weighted by Crippen LogP contribution is 2.18. The topological polar surface area (TPSA) is 188 Å². The zero-order valence-electron chi connectivity index (χ0n) is 18.5. The molecule has 3 amide bonds. The maximum Gasteiger partial charge on any atom is 0.326 e. The quantitative estimate of drug-likeness (QED) is 0.214. The fourth-order valence-corrected chi connectivity index (χ4v) is 3.82. The molecule has 11 nitrogen and oxygen atoms in total. The van der Waals surface area contributed by atoms with Crippen molar-refractivity contribution in [2.24, 2.45) is 11.5 Å². The number of likely N-dealkylation sites (tertiary alicyclic amines) is 1. The molecule has 0 spiro atoms. The molecule has 0 aliphatic carbocycles. The molecule has 8 N–H and O–H groups in total. The zero-order valence-corrected chi connectivity index (χ0v) is 18.5. The Bertz CT molecular complexity index is 831. The molecule has 3 unspecified atom stereocenters. The molecule has 0 aromatic heterocycles. The van der Waals surface area contributed by atoms with E-state index in [0.29, 0.717) is 44.3 Å². The van der Waals surface area contributed by atoms with Crippen molar-refractivity contribution in [3.05, 3.63) is 29.8 Å². The van der Waals surface area contributed by atoms with Crippen molar-refractivity contribution in [1.82, 2.24) is 15.5 Å². The molecule has 182 valence electrons. The molecule has 0 bridgehead atoms. The molecular weight excluding hydrogens is 430 g/mol. The summed E-state index contributed by atoms with van der Waals surface area (Å²) < 4.78 is 0. The third-order valence-corrected chi connectivity index (χ3v) is 5.62. The summed E-state index contributed by atoms with van der Waals surface area (Å²) in [6, 6.07) is 3.10. The monoisotopic (exact) mass is 463 g/mol. The van der Waals surface area contributed by atoms with Crippen LogP contribution in [0.25, 0.3) is 0 Å². The smallest absolute Gasteiger partial charge is 0.326 e. The van der Waals surface area contributed by atoms with Gasteiger partial charge in [0.05, 0.1) is 6.54 Å². The standard InChI is InChI=1S/C22H33N5O6/c23-10-2-1-4-16(25-21(31)18-5-3-11-27(18)19(29)13-24)20(30)26-17(22(32)33)12-14-6-8-15(28)9-7-14/h6-9,16-18,28H,1-5,10-13,23-24H2,(H,25,31)(H,26,30)(H,32,33). The Labute approximate surface area is 192 Å². The van der Waals surface area contributed by atoms with Gasteiger partial charge in [0.15, 0.2) is 0 Å². The lowest BCUT2D eigenvalue weighted by Crippen LogP contribution is -2.56. The van der Waals surface area contributed by atoms with Gasteiger partial charge in [-0.15, -0.1) is 0 Å². The Morgan fingerprint density at radius 1 is 1.06 bits per heavy atom. The number of hydrogen-bond donors (Lipinski definition) is 6. The van der Waals surface area contributed by atoms with Gasteiger partial charge in [0.2, 0.25) is 17.7 Å². The van der Waals surface area contributed by atoms with Crippen LogP contribution in [0.3, 0.4) is 0 Å². The van der Waals surface area contributed by atoms with E-state index >= 15 is 0 Å². The molecule has 1 saturated heterocycles. The number of hydrogen-bond acceptors (Lipinski definition) is 7. The molecule has 2 rings (SSSR count). The number of rotatable bonds is 12. The van der Waals surface area contributed by atoms with Crippen molar-refractivity contribution in [1.29, 1.82) is 0 Å². The number of amides is 3. The van der Waals surface area contributed by atoms with Crippen molar-refractivity contribution in [2.75, 3.05) is 19.6 Å². The second-order valence-corrected chi connectivity index (χ2v) is 8.06. The normalized spacial score (nSPS) is 17.3. The van der Waals surface area contributed by atoms with Crippen LogP contribution < -0.4 is 22.1 Å². The van der Waals surface area contributed by atoms with E-state index in [-0.39, 0.29) is 31.0 Å². The fraction of sp³-hybridized carbons (Fsp3) is 0.545. The summed E-state index contributed by atoms with van der Waals surface area (Å²) in [6.07, 6.45) is 2.59. The molecule has 33 heavy (non-hydrogen) atoms. The average molecular weight is 464 g/mol. The average Bonchev–Trinajstić information content (AvgIpc) is 3.29. The van der Waals surface area contributed by atoms with Crippen LogP contribution in [0.2, 0.25) is 0 Å². The minimum atomic E-state index is -1.22. The van der Waals surface area contributed by atoms with E-state index in [2.05, 4.69) is 10.6 Å². The van der Waals surface area contributed by atoms with Crippen LogP contribution in [0.1, 0.15) is 37.7 Å². The number of carbonyl (C=O) groups is 4. The van der Waals surface area contributed by atoms with Crippen molar-refractivity contribution in [3.8, 4) is 5.75 Å². The van der Waals surface area contributed by atoms with Gasteiger partial charge < -0.3 is 37.2 Å². The summed E-state index contributed by atoms with van der Waals surface area (Å²) in [5.41, 5.74) is 11.6. The lowest BCUT2D eigenvalue weighted by molar-refractivity contribution is -0.142. The second kappa shape index (κ2) is 12.8. The molecule has 0 saturated carbocycles. The largest absolute Gasteiger partial charge is 0.508 e. The van der Waals surface area contributed by atoms with E-state index in [1.165, 1.54) is 17.0 Å². The first-order valence-corrected chi connectivity index (χ1v) is 11.1. The first-order chi connectivity index (χ1) is 15.8. The van der Waals surface area contributed by atoms with Gasteiger partial charge in [-0.05, 0) is 56.3 Å². The Balaban J connectivity index is 2.09. The molecule has 1 aromatic carbocycles. The number of carbonyl (C=O) groups excluding carboxylic acids is 3. The first-order valence-electron chi connectivity index (χ1n) is 11.1. The number of carboxylic acid groups (broad SMARTS) is 1. The molecule has 1 aliphatic rings. The van der Waals surface area contributed by atoms with Crippen LogP contribution in [0.4, 0.5) is 0 Å². The lowest BCUT2D eigenvalue weighted by Gasteiger charge is -2.27. The van der Waals surface area contributed by atoms with Gasteiger partial charge in [-0.2, -0.15) is 0 Å². The summed E-state index contributed by atoms with van der Waals surface area (Å²) in [6.45, 7) is 0.635. The highest BCUT2D eigenvalue weighted by molar-refractivity contribution is 5.93. The number of unbranched alkanes of at least 4 members (excludes halogenated alkanes) is 1. The SMILES string of the molecule is NCCCCC(NC(=O)C1CCCN1C(=O)CN)C(=O)NC(Cc1ccc(O)cc1)C(=O)O. The number of phenols is 1. The molecular formula is C22H33N5O6.